The molecule has 2 aromatic carbocycles. The summed E-state index contributed by atoms with van der Waals surface area (Å²) in [6, 6.07) is 20.2. The lowest BCUT2D eigenvalue weighted by Gasteiger charge is -2.56. The number of hydrogen-bond acceptors (Lipinski definition) is 9. The van der Waals surface area contributed by atoms with E-state index in [1.165, 1.54) is 62.1 Å². The molecule has 0 unspecified atom stereocenters. The van der Waals surface area contributed by atoms with E-state index < -0.39 is 0 Å². The third-order valence-electron chi connectivity index (χ3n) is 13.8. The zero-order valence-corrected chi connectivity index (χ0v) is 36.1. The van der Waals surface area contributed by atoms with E-state index in [-0.39, 0.29) is 23.9 Å². The van der Waals surface area contributed by atoms with Gasteiger partial charge in [-0.15, -0.1) is 0 Å². The molecule has 62 heavy (non-hydrogen) atoms. The van der Waals surface area contributed by atoms with Gasteiger partial charge in [0.15, 0.2) is 11.6 Å². The van der Waals surface area contributed by atoms with Gasteiger partial charge in [-0.3, -0.25) is 19.3 Å². The van der Waals surface area contributed by atoms with E-state index in [9.17, 15) is 19.6 Å². The Kier molecular flexibility index (Phi) is 14.4. The second-order valence-corrected chi connectivity index (χ2v) is 18.8. The van der Waals surface area contributed by atoms with Crippen molar-refractivity contribution in [2.45, 2.75) is 103 Å². The molecule has 9 rings (SSSR count). The summed E-state index contributed by atoms with van der Waals surface area (Å²) in [4.78, 5) is 49.5. The van der Waals surface area contributed by atoms with E-state index in [0.29, 0.717) is 47.3 Å². The number of aromatic nitrogens is 4. The Morgan fingerprint density at radius 1 is 0.790 bits per heavy atom. The minimum Gasteiger partial charge on any atom is -0.490 e. The Hall–Kier alpha value is -5.41. The van der Waals surface area contributed by atoms with Gasteiger partial charge in [-0.2, -0.15) is 10.4 Å². The fourth-order valence-corrected chi connectivity index (χ4v) is 11.1. The largest absolute Gasteiger partial charge is 0.490 e. The maximum Gasteiger partial charge on any atom is 0.267 e. The lowest BCUT2D eigenvalue weighted by Crippen LogP contribution is -2.48. The second kappa shape index (κ2) is 20.6. The number of amides is 2. The molecule has 0 atom stereocenters. The van der Waals surface area contributed by atoms with Crippen molar-refractivity contribution in [2.24, 2.45) is 29.1 Å². The highest BCUT2D eigenvalue weighted by Crippen LogP contribution is 2.61. The Labute approximate surface area is 365 Å². The molecule has 5 aliphatic rings. The van der Waals surface area contributed by atoms with E-state index in [1.54, 1.807) is 36.7 Å². The Morgan fingerprint density at radius 2 is 1.44 bits per heavy atom. The van der Waals surface area contributed by atoms with Crippen LogP contribution in [-0.2, 0) is 16.1 Å². The van der Waals surface area contributed by atoms with Gasteiger partial charge in [0.05, 0.1) is 49.4 Å². The van der Waals surface area contributed by atoms with Crippen molar-refractivity contribution in [3.05, 3.63) is 94.5 Å². The second-order valence-electron chi connectivity index (χ2n) is 18.8. The summed E-state index contributed by atoms with van der Waals surface area (Å²) in [5, 5.41) is 20.2. The SMILES string of the molecule is N#Cc1cccc(-c2ccc(=O)n(Cc3cccc(-c4ncc(OCC5CCN(CC(=O)NCCCCCCCCNC(=O)CC67CC8CC(CC(C8)C6)C7)CC5)cn4)c3)n2)c1. The van der Waals surface area contributed by atoms with Crippen LogP contribution in [-0.4, -0.2) is 75.8 Å². The number of unbranched alkanes of at least 4 members (excludes halogenated alkanes) is 5. The number of ether oxygens (including phenoxy) is 1. The maximum atomic E-state index is 12.8. The standard InChI is InChI=1S/C50H62N8O4/c51-30-37-9-7-11-42(24-37)45-13-14-48(61)58(56-45)33-38-10-8-12-43(25-38)49-54-31-44(32-55-49)62-35-36-15-19-57(20-16-36)34-47(60)53-18-6-4-2-1-3-5-17-52-46(59)29-50-26-39-21-40(27-50)23-41(22-39)28-50/h7-14,24-25,31-32,36,39-41H,1-6,15-23,26-29,33-35H2,(H,52,59)(H,53,60). The van der Waals surface area contributed by atoms with E-state index in [1.807, 2.05) is 30.3 Å². The number of benzene rings is 2. The molecule has 3 heterocycles. The van der Waals surface area contributed by atoms with Crippen LogP contribution in [0.5, 0.6) is 5.75 Å². The highest BCUT2D eigenvalue weighted by atomic mass is 16.5. The lowest BCUT2D eigenvalue weighted by atomic mass is 9.49. The number of carbonyl (C=O) groups excluding carboxylic acids is 2. The monoisotopic (exact) mass is 838 g/mol. The average Bonchev–Trinajstić information content (AvgIpc) is 3.27. The Morgan fingerprint density at radius 3 is 2.13 bits per heavy atom. The zero-order valence-electron chi connectivity index (χ0n) is 36.1. The van der Waals surface area contributed by atoms with Gasteiger partial charge in [0.2, 0.25) is 11.8 Å². The lowest BCUT2D eigenvalue weighted by molar-refractivity contribution is -0.129. The third kappa shape index (κ3) is 11.7. The summed E-state index contributed by atoms with van der Waals surface area (Å²) in [6.07, 6.45) is 20.9. The fraction of sp³-hybridized carbons (Fsp3) is 0.540. The molecule has 326 valence electrons. The first kappa shape index (κ1) is 43.2. The molecular weight excluding hydrogens is 777 g/mol. The molecule has 5 fully saturated rings. The summed E-state index contributed by atoms with van der Waals surface area (Å²) >= 11 is 0. The first-order chi connectivity index (χ1) is 30.3. The predicted octanol–water partition coefficient (Wildman–Crippen LogP) is 7.56. The molecule has 1 aliphatic heterocycles. The number of likely N-dealkylation sites (tertiary alicyclic amines) is 1. The normalized spacial score (nSPS) is 22.0. The molecule has 4 aromatic rings. The van der Waals surface area contributed by atoms with E-state index in [2.05, 4.69) is 36.7 Å². The number of nitrogens with one attached hydrogen (secondary N) is 2. The molecule has 4 saturated carbocycles. The molecule has 4 aliphatic carbocycles. The minimum absolute atomic E-state index is 0.102. The van der Waals surface area contributed by atoms with Crippen LogP contribution in [0.25, 0.3) is 22.6 Å². The molecular formula is C50H62N8O4. The third-order valence-corrected chi connectivity index (χ3v) is 13.8. The van der Waals surface area contributed by atoms with Crippen molar-refractivity contribution in [2.75, 3.05) is 39.3 Å². The van der Waals surface area contributed by atoms with E-state index in [4.69, 9.17) is 4.74 Å². The number of nitrogens with zero attached hydrogens (tertiary/aromatic N) is 6. The highest BCUT2D eigenvalue weighted by Gasteiger charge is 2.51. The van der Waals surface area contributed by atoms with Crippen LogP contribution in [0.15, 0.2) is 77.9 Å². The zero-order chi connectivity index (χ0) is 42.7. The molecule has 0 spiro atoms. The summed E-state index contributed by atoms with van der Waals surface area (Å²) in [7, 11) is 0. The average molecular weight is 839 g/mol. The van der Waals surface area contributed by atoms with Gasteiger partial charge in [0.1, 0.15) is 0 Å². The van der Waals surface area contributed by atoms with Gasteiger partial charge in [-0.25, -0.2) is 14.6 Å². The van der Waals surface area contributed by atoms with Gasteiger partial charge >= 0.3 is 0 Å². The molecule has 12 nitrogen and oxygen atoms in total. The summed E-state index contributed by atoms with van der Waals surface area (Å²) in [5.74, 6) is 4.65. The highest BCUT2D eigenvalue weighted by molar-refractivity contribution is 5.78. The van der Waals surface area contributed by atoms with Gasteiger partial charge in [-0.05, 0) is 136 Å². The Balaban J connectivity index is 0.662. The van der Waals surface area contributed by atoms with Crippen molar-refractivity contribution >= 4 is 11.8 Å². The van der Waals surface area contributed by atoms with Crippen LogP contribution >= 0.6 is 0 Å². The van der Waals surface area contributed by atoms with Crippen molar-refractivity contribution in [1.29, 1.82) is 5.26 Å². The van der Waals surface area contributed by atoms with Crippen molar-refractivity contribution in [3.8, 4) is 34.5 Å². The minimum atomic E-state index is -0.218. The maximum absolute atomic E-state index is 12.8. The number of rotatable bonds is 20. The molecule has 4 bridgehead atoms. The van der Waals surface area contributed by atoms with Crippen molar-refractivity contribution < 1.29 is 14.3 Å². The first-order valence-electron chi connectivity index (χ1n) is 23.2. The van der Waals surface area contributed by atoms with Crippen LogP contribution in [0.4, 0.5) is 0 Å². The smallest absolute Gasteiger partial charge is 0.267 e. The van der Waals surface area contributed by atoms with Gasteiger partial charge in [0.25, 0.3) is 5.56 Å². The molecule has 2 amide bonds. The van der Waals surface area contributed by atoms with Crippen LogP contribution in [0.2, 0.25) is 0 Å². The molecule has 12 heteroatoms. The Bertz CT molecular complexity index is 2210. The fourth-order valence-electron chi connectivity index (χ4n) is 11.1. The molecule has 2 aromatic heterocycles. The molecule has 1 saturated heterocycles. The first-order valence-corrected chi connectivity index (χ1v) is 23.2. The van der Waals surface area contributed by atoms with Gasteiger partial charge in [-0.1, -0.05) is 56.0 Å². The van der Waals surface area contributed by atoms with E-state index in [0.717, 1.165) is 106 Å². The predicted molar refractivity (Wildman–Crippen MR) is 239 cm³/mol. The quantitative estimate of drug-likeness (QED) is 0.0859. The number of hydrogen-bond donors (Lipinski definition) is 2. The summed E-state index contributed by atoms with van der Waals surface area (Å²) < 4.78 is 7.51. The number of piperidine rings is 1. The van der Waals surface area contributed by atoms with Crippen molar-refractivity contribution in [3.63, 3.8) is 0 Å². The number of nitriles is 1. The van der Waals surface area contributed by atoms with E-state index >= 15 is 0 Å². The summed E-state index contributed by atoms with van der Waals surface area (Å²) in [6.45, 7) is 4.57. The number of carbonyl (C=O) groups is 2. The van der Waals surface area contributed by atoms with Gasteiger partial charge in [0, 0.05) is 36.7 Å². The topological polar surface area (TPSA) is 155 Å². The van der Waals surface area contributed by atoms with Crippen LogP contribution in [0, 0.1) is 40.4 Å². The summed E-state index contributed by atoms with van der Waals surface area (Å²) in [5.41, 5.74) is 3.73. The van der Waals surface area contributed by atoms with Crippen LogP contribution in [0.3, 0.4) is 0 Å². The van der Waals surface area contributed by atoms with Crippen molar-refractivity contribution in [1.82, 2.24) is 35.3 Å². The molecule has 2 N–H and O–H groups in total. The molecule has 0 radical (unpaired) electrons. The van der Waals surface area contributed by atoms with Gasteiger partial charge < -0.3 is 15.4 Å². The van der Waals surface area contributed by atoms with Crippen LogP contribution < -0.4 is 20.9 Å². The van der Waals surface area contributed by atoms with Crippen LogP contribution in [0.1, 0.15) is 107 Å².